The van der Waals surface area contributed by atoms with Gasteiger partial charge in [-0.3, -0.25) is 4.90 Å². The van der Waals surface area contributed by atoms with Crippen LogP contribution in [0.3, 0.4) is 0 Å². The molecule has 1 aliphatic heterocycles. The van der Waals surface area contributed by atoms with Crippen LogP contribution in [-0.4, -0.2) is 37.2 Å². The molecule has 0 amide bonds. The lowest BCUT2D eigenvalue weighted by molar-refractivity contribution is -0.148. The molecule has 0 radical (unpaired) electrons. The zero-order valence-electron chi connectivity index (χ0n) is 13.0. The van der Waals surface area contributed by atoms with Crippen molar-refractivity contribution in [1.82, 2.24) is 4.90 Å². The van der Waals surface area contributed by atoms with Crippen LogP contribution in [-0.2, 0) is 4.74 Å². The Labute approximate surface area is 118 Å². The summed E-state index contributed by atoms with van der Waals surface area (Å²) in [4.78, 5) is 2.47. The van der Waals surface area contributed by atoms with E-state index >= 15 is 0 Å². The summed E-state index contributed by atoms with van der Waals surface area (Å²) in [6, 6.07) is 0. The van der Waals surface area contributed by atoms with E-state index in [-0.39, 0.29) is 0 Å². The lowest BCUT2D eigenvalue weighted by Crippen LogP contribution is -2.63. The molecule has 0 unspecified atom stereocenters. The molecule has 2 rings (SSSR count). The maximum atomic E-state index is 5.92. The molecule has 2 fully saturated rings. The van der Waals surface area contributed by atoms with Crippen LogP contribution in [0.25, 0.3) is 0 Å². The van der Waals surface area contributed by atoms with E-state index in [1.807, 2.05) is 0 Å². The summed E-state index contributed by atoms with van der Waals surface area (Å²) < 4.78 is 5.92. The molecular weight excluding hydrogens is 234 g/mol. The van der Waals surface area contributed by atoms with Crippen LogP contribution in [0.1, 0.15) is 47.0 Å². The van der Waals surface area contributed by atoms with Gasteiger partial charge in [-0.05, 0) is 25.2 Å². The molecular formula is C17H29NO. The van der Waals surface area contributed by atoms with Crippen molar-refractivity contribution in [2.24, 2.45) is 17.3 Å². The third-order valence-electron chi connectivity index (χ3n) is 4.18. The molecule has 2 heteroatoms. The van der Waals surface area contributed by atoms with Crippen LogP contribution < -0.4 is 0 Å². The van der Waals surface area contributed by atoms with Crippen LogP contribution in [0.15, 0.2) is 0 Å². The van der Waals surface area contributed by atoms with Crippen LogP contribution in [0.5, 0.6) is 0 Å². The molecule has 2 aliphatic rings. The summed E-state index contributed by atoms with van der Waals surface area (Å²) in [5.74, 6) is 7.77. The van der Waals surface area contributed by atoms with Crippen LogP contribution in [0, 0.1) is 29.1 Å². The third-order valence-corrected chi connectivity index (χ3v) is 4.18. The molecule has 1 heterocycles. The Balaban J connectivity index is 1.55. The van der Waals surface area contributed by atoms with E-state index in [0.29, 0.717) is 17.4 Å². The van der Waals surface area contributed by atoms with Crippen LogP contribution in [0.4, 0.5) is 0 Å². The van der Waals surface area contributed by atoms with Crippen molar-refractivity contribution in [3.05, 3.63) is 0 Å². The van der Waals surface area contributed by atoms with Gasteiger partial charge in [-0.2, -0.15) is 0 Å². The summed E-state index contributed by atoms with van der Waals surface area (Å²) >= 11 is 0. The summed E-state index contributed by atoms with van der Waals surface area (Å²) in [5, 5.41) is 0. The topological polar surface area (TPSA) is 12.5 Å². The summed E-state index contributed by atoms with van der Waals surface area (Å²) in [7, 11) is 0. The smallest absolute Gasteiger partial charge is 0.0602 e. The predicted molar refractivity (Wildman–Crippen MR) is 79.9 cm³/mol. The van der Waals surface area contributed by atoms with Gasteiger partial charge in [-0.25, -0.2) is 0 Å². The Hall–Kier alpha value is -0.520. The molecule has 0 atom stereocenters. The van der Waals surface area contributed by atoms with Gasteiger partial charge < -0.3 is 4.74 Å². The fourth-order valence-corrected chi connectivity index (χ4v) is 3.13. The molecule has 19 heavy (non-hydrogen) atoms. The van der Waals surface area contributed by atoms with Crippen molar-refractivity contribution < 1.29 is 4.74 Å². The maximum absolute atomic E-state index is 5.92. The number of rotatable bonds is 5. The zero-order chi connectivity index (χ0) is 13.9. The quantitative estimate of drug-likeness (QED) is 0.706. The van der Waals surface area contributed by atoms with Crippen molar-refractivity contribution in [2.75, 3.05) is 26.2 Å². The van der Waals surface area contributed by atoms with Gasteiger partial charge in [0.05, 0.1) is 12.6 Å². The average molecular weight is 263 g/mol. The highest BCUT2D eigenvalue weighted by Gasteiger charge is 2.52. The minimum atomic E-state index is 0.498. The Kier molecular flexibility index (Phi) is 4.92. The Bertz CT molecular complexity index is 336. The Morgan fingerprint density at radius 1 is 1.21 bits per heavy atom. The summed E-state index contributed by atoms with van der Waals surface area (Å²) in [6.45, 7) is 13.2. The fourth-order valence-electron chi connectivity index (χ4n) is 3.13. The van der Waals surface area contributed by atoms with E-state index in [0.717, 1.165) is 19.1 Å². The lowest BCUT2D eigenvalue weighted by atomic mass is 9.62. The maximum Gasteiger partial charge on any atom is 0.0602 e. The minimum absolute atomic E-state index is 0.498. The van der Waals surface area contributed by atoms with Crippen molar-refractivity contribution in [3.8, 4) is 11.8 Å². The number of ether oxygens (including phenoxy) is 1. The molecule has 1 saturated heterocycles. The molecule has 108 valence electrons. The van der Waals surface area contributed by atoms with Crippen LogP contribution in [0.2, 0.25) is 0 Å². The fraction of sp³-hybridized carbons (Fsp3) is 0.882. The van der Waals surface area contributed by atoms with Crippen molar-refractivity contribution in [3.63, 3.8) is 0 Å². The summed E-state index contributed by atoms with van der Waals surface area (Å²) in [6.07, 6.45) is 4.29. The second-order valence-electron chi connectivity index (χ2n) is 7.20. The Morgan fingerprint density at radius 3 is 2.47 bits per heavy atom. The second-order valence-corrected chi connectivity index (χ2v) is 7.20. The second kappa shape index (κ2) is 6.29. The molecule has 0 aromatic carbocycles. The average Bonchev–Trinajstić information content (AvgIpc) is 2.20. The molecule has 2 nitrogen and oxygen atoms in total. The first-order valence-corrected chi connectivity index (χ1v) is 7.81. The number of likely N-dealkylation sites (tertiary alicyclic amines) is 1. The van der Waals surface area contributed by atoms with Crippen molar-refractivity contribution >= 4 is 0 Å². The van der Waals surface area contributed by atoms with Gasteiger partial charge in [0.2, 0.25) is 0 Å². The van der Waals surface area contributed by atoms with E-state index in [1.54, 1.807) is 0 Å². The third kappa shape index (κ3) is 4.23. The number of hydrogen-bond donors (Lipinski definition) is 0. The normalized spacial score (nSPS) is 22.2. The standard InChI is InChI=1S/C17H29NO/c1-14(2)6-5-8-18-12-17(13-18)10-16(11-17)19-9-7-15(3)4/h14-16H,7-13H2,1-4H3. The molecule has 1 aliphatic carbocycles. The SMILES string of the molecule is CC(C)C#CCN1CC2(CC(OCCC(C)C)C2)C1. The highest BCUT2D eigenvalue weighted by Crippen LogP contribution is 2.49. The van der Waals surface area contributed by atoms with Crippen molar-refractivity contribution in [2.45, 2.75) is 53.1 Å². The molecule has 1 saturated carbocycles. The first-order valence-electron chi connectivity index (χ1n) is 7.81. The van der Waals surface area contributed by atoms with Gasteiger partial charge in [0, 0.05) is 31.0 Å². The van der Waals surface area contributed by atoms with E-state index in [4.69, 9.17) is 4.74 Å². The molecule has 0 N–H and O–H groups in total. The predicted octanol–water partition coefficient (Wildman–Crippen LogP) is 3.17. The molecule has 1 spiro atoms. The van der Waals surface area contributed by atoms with Gasteiger partial charge in [0.15, 0.2) is 0 Å². The van der Waals surface area contributed by atoms with E-state index in [9.17, 15) is 0 Å². The van der Waals surface area contributed by atoms with E-state index in [1.165, 1.54) is 32.4 Å². The summed E-state index contributed by atoms with van der Waals surface area (Å²) in [5.41, 5.74) is 0.599. The Morgan fingerprint density at radius 2 is 1.89 bits per heavy atom. The highest BCUT2D eigenvalue weighted by molar-refractivity contribution is 5.10. The van der Waals surface area contributed by atoms with E-state index < -0.39 is 0 Å². The van der Waals surface area contributed by atoms with Gasteiger partial charge in [0.25, 0.3) is 0 Å². The molecule has 0 aromatic rings. The van der Waals surface area contributed by atoms with Gasteiger partial charge >= 0.3 is 0 Å². The van der Waals surface area contributed by atoms with Crippen molar-refractivity contribution in [1.29, 1.82) is 0 Å². The monoisotopic (exact) mass is 263 g/mol. The molecule has 0 bridgehead atoms. The number of hydrogen-bond acceptors (Lipinski definition) is 2. The first-order chi connectivity index (χ1) is 8.99. The minimum Gasteiger partial charge on any atom is -0.378 e. The van der Waals surface area contributed by atoms with Gasteiger partial charge in [-0.1, -0.05) is 39.5 Å². The lowest BCUT2D eigenvalue weighted by Gasteiger charge is -2.58. The van der Waals surface area contributed by atoms with Crippen LogP contribution >= 0.6 is 0 Å². The first kappa shape index (κ1) is 14.9. The highest BCUT2D eigenvalue weighted by atomic mass is 16.5. The van der Waals surface area contributed by atoms with Gasteiger partial charge in [0.1, 0.15) is 0 Å². The zero-order valence-corrected chi connectivity index (χ0v) is 13.0. The number of nitrogens with zero attached hydrogens (tertiary/aromatic N) is 1. The largest absolute Gasteiger partial charge is 0.378 e. The molecule has 0 aromatic heterocycles. The van der Waals surface area contributed by atoms with E-state index in [2.05, 4.69) is 44.4 Å². The van der Waals surface area contributed by atoms with Gasteiger partial charge in [-0.15, -0.1) is 0 Å².